The molecule has 272 valence electrons. The van der Waals surface area contributed by atoms with Crippen LogP contribution in [-0.4, -0.2) is 0 Å². The van der Waals surface area contributed by atoms with E-state index < -0.39 is 0 Å². The molecule has 0 unspecified atom stereocenters. The molecule has 0 radical (unpaired) electrons. The molecule has 0 aliphatic rings. The van der Waals surface area contributed by atoms with Crippen LogP contribution in [0.5, 0.6) is 0 Å². The second-order valence-electron chi connectivity index (χ2n) is 14.9. The molecule has 10 aromatic carbocycles. The van der Waals surface area contributed by atoms with Gasteiger partial charge in [-0.2, -0.15) is 0 Å². The molecule has 58 heavy (non-hydrogen) atoms. The maximum atomic E-state index is 6.25. The third kappa shape index (κ3) is 5.82. The van der Waals surface area contributed by atoms with Gasteiger partial charge in [0.15, 0.2) is 0 Å². The molecular formula is C56H37NO. The summed E-state index contributed by atoms with van der Waals surface area (Å²) >= 11 is 0. The molecule has 0 saturated carbocycles. The van der Waals surface area contributed by atoms with Crippen molar-refractivity contribution in [3.05, 3.63) is 224 Å². The minimum atomic E-state index is 0.900. The van der Waals surface area contributed by atoms with E-state index in [-0.39, 0.29) is 0 Å². The van der Waals surface area contributed by atoms with Crippen molar-refractivity contribution in [2.75, 3.05) is 4.90 Å². The predicted molar refractivity (Wildman–Crippen MR) is 245 cm³/mol. The molecule has 0 bridgehead atoms. The van der Waals surface area contributed by atoms with Crippen molar-refractivity contribution in [1.29, 1.82) is 0 Å². The fraction of sp³-hybridized carbons (Fsp3) is 0. The Kier molecular flexibility index (Phi) is 8.19. The van der Waals surface area contributed by atoms with Gasteiger partial charge in [-0.1, -0.05) is 176 Å². The number of para-hydroxylation sites is 1. The zero-order chi connectivity index (χ0) is 38.4. The van der Waals surface area contributed by atoms with Gasteiger partial charge in [-0.3, -0.25) is 0 Å². The summed E-state index contributed by atoms with van der Waals surface area (Å²) in [4.78, 5) is 2.37. The molecule has 11 rings (SSSR count). The molecule has 1 heterocycles. The van der Waals surface area contributed by atoms with Gasteiger partial charge in [-0.25, -0.2) is 0 Å². The Morgan fingerprint density at radius 1 is 0.276 bits per heavy atom. The Balaban J connectivity index is 1.03. The highest BCUT2D eigenvalue weighted by Gasteiger charge is 2.18. The first-order valence-electron chi connectivity index (χ1n) is 19.8. The van der Waals surface area contributed by atoms with Crippen LogP contribution in [0.4, 0.5) is 17.1 Å². The highest BCUT2D eigenvalue weighted by atomic mass is 16.3. The monoisotopic (exact) mass is 739 g/mol. The van der Waals surface area contributed by atoms with Gasteiger partial charge >= 0.3 is 0 Å². The third-order valence-electron chi connectivity index (χ3n) is 11.5. The fourth-order valence-corrected chi connectivity index (χ4v) is 8.75. The standard InChI is InChI=1S/C56H37NO/c1-2-13-38(14-3-1)46-18-6-7-20-49(46)42-16-10-17-45(37-42)57(44-34-29-41(30-35-44)50-23-12-26-55-56(50)53-21-8-9-25-54(53)58-55)43-32-27-40(28-33-43)48-22-11-24-51-47-19-5-4-15-39(47)31-36-52(48)51/h1-37H. The van der Waals surface area contributed by atoms with Gasteiger partial charge in [0.1, 0.15) is 11.2 Å². The van der Waals surface area contributed by atoms with Crippen LogP contribution in [-0.2, 0) is 0 Å². The Morgan fingerprint density at radius 3 is 1.60 bits per heavy atom. The molecule has 11 aromatic rings. The minimum Gasteiger partial charge on any atom is -0.456 e. The number of rotatable bonds is 7. The van der Waals surface area contributed by atoms with Crippen LogP contribution in [0.1, 0.15) is 0 Å². The number of furan rings is 1. The van der Waals surface area contributed by atoms with E-state index in [2.05, 4.69) is 217 Å². The molecular weight excluding hydrogens is 703 g/mol. The molecule has 0 aliphatic heterocycles. The summed E-state index contributed by atoms with van der Waals surface area (Å²) < 4.78 is 6.25. The lowest BCUT2D eigenvalue weighted by Crippen LogP contribution is -2.10. The lowest BCUT2D eigenvalue weighted by Gasteiger charge is -2.27. The number of nitrogens with zero attached hydrogens (tertiary/aromatic N) is 1. The Labute approximate surface area is 337 Å². The smallest absolute Gasteiger partial charge is 0.136 e. The van der Waals surface area contributed by atoms with Crippen LogP contribution >= 0.6 is 0 Å². The molecule has 0 saturated heterocycles. The normalized spacial score (nSPS) is 11.4. The van der Waals surface area contributed by atoms with Gasteiger partial charge in [0.2, 0.25) is 0 Å². The number of hydrogen-bond donors (Lipinski definition) is 0. The third-order valence-corrected chi connectivity index (χ3v) is 11.5. The van der Waals surface area contributed by atoms with E-state index in [1.165, 1.54) is 49.4 Å². The quantitative estimate of drug-likeness (QED) is 0.151. The van der Waals surface area contributed by atoms with Gasteiger partial charge in [0.25, 0.3) is 0 Å². The summed E-state index contributed by atoms with van der Waals surface area (Å²) in [5, 5.41) is 7.33. The first-order valence-corrected chi connectivity index (χ1v) is 19.8. The zero-order valence-electron chi connectivity index (χ0n) is 31.7. The van der Waals surface area contributed by atoms with E-state index in [9.17, 15) is 0 Å². The molecule has 0 atom stereocenters. The molecule has 0 N–H and O–H groups in total. The Morgan fingerprint density at radius 2 is 0.810 bits per heavy atom. The summed E-state index contributed by atoms with van der Waals surface area (Å²) in [7, 11) is 0. The Bertz CT molecular complexity index is 3270. The van der Waals surface area contributed by atoms with Crippen molar-refractivity contribution in [3.8, 4) is 44.5 Å². The van der Waals surface area contributed by atoms with E-state index in [0.29, 0.717) is 0 Å². The van der Waals surface area contributed by atoms with Crippen LogP contribution < -0.4 is 4.90 Å². The highest BCUT2D eigenvalue weighted by Crippen LogP contribution is 2.42. The molecule has 1 aromatic heterocycles. The second kappa shape index (κ2) is 14.1. The van der Waals surface area contributed by atoms with Crippen LogP contribution in [0.2, 0.25) is 0 Å². The summed E-state index contributed by atoms with van der Waals surface area (Å²) in [5.74, 6) is 0. The molecule has 0 amide bonds. The van der Waals surface area contributed by atoms with Gasteiger partial charge in [-0.05, 0) is 115 Å². The van der Waals surface area contributed by atoms with E-state index in [1.807, 2.05) is 12.1 Å². The van der Waals surface area contributed by atoms with Crippen molar-refractivity contribution in [2.24, 2.45) is 0 Å². The second-order valence-corrected chi connectivity index (χ2v) is 14.9. The van der Waals surface area contributed by atoms with Gasteiger partial charge < -0.3 is 9.32 Å². The summed E-state index contributed by atoms with van der Waals surface area (Å²) in [5.41, 5.74) is 14.5. The van der Waals surface area contributed by atoms with Crippen LogP contribution in [0.15, 0.2) is 229 Å². The maximum Gasteiger partial charge on any atom is 0.136 e. The van der Waals surface area contributed by atoms with Crippen molar-refractivity contribution in [3.63, 3.8) is 0 Å². The number of fused-ring (bicyclic) bond motifs is 6. The van der Waals surface area contributed by atoms with Crippen LogP contribution in [0, 0.1) is 0 Å². The van der Waals surface area contributed by atoms with Crippen molar-refractivity contribution < 1.29 is 4.42 Å². The summed E-state index contributed by atoms with van der Waals surface area (Å²) in [6.45, 7) is 0. The van der Waals surface area contributed by atoms with E-state index in [0.717, 1.165) is 55.7 Å². The number of benzene rings is 10. The molecule has 2 heteroatoms. The highest BCUT2D eigenvalue weighted by molar-refractivity contribution is 6.13. The average molecular weight is 740 g/mol. The summed E-state index contributed by atoms with van der Waals surface area (Å²) in [6, 6.07) is 80.7. The maximum absolute atomic E-state index is 6.25. The lowest BCUT2D eigenvalue weighted by molar-refractivity contribution is 0.669. The minimum absolute atomic E-state index is 0.900. The van der Waals surface area contributed by atoms with Gasteiger partial charge in [0.05, 0.1) is 0 Å². The predicted octanol–water partition coefficient (Wildman–Crippen LogP) is 16.0. The first-order chi connectivity index (χ1) is 28.8. The molecule has 2 nitrogen and oxygen atoms in total. The van der Waals surface area contributed by atoms with Gasteiger partial charge in [0, 0.05) is 27.8 Å². The van der Waals surface area contributed by atoms with E-state index in [4.69, 9.17) is 4.42 Å². The first kappa shape index (κ1) is 33.6. The molecule has 0 fully saturated rings. The fourth-order valence-electron chi connectivity index (χ4n) is 8.75. The Hall–Kier alpha value is -7.68. The van der Waals surface area contributed by atoms with Gasteiger partial charge in [-0.15, -0.1) is 0 Å². The van der Waals surface area contributed by atoms with Crippen molar-refractivity contribution in [2.45, 2.75) is 0 Å². The lowest BCUT2D eigenvalue weighted by atomic mass is 9.94. The van der Waals surface area contributed by atoms with E-state index >= 15 is 0 Å². The van der Waals surface area contributed by atoms with Crippen LogP contribution in [0.3, 0.4) is 0 Å². The van der Waals surface area contributed by atoms with Crippen molar-refractivity contribution >= 4 is 60.5 Å². The SMILES string of the molecule is c1ccc(-c2ccccc2-c2cccc(N(c3ccc(-c4cccc5c4ccc4ccccc45)cc3)c3ccc(-c4cccc5oc6ccccc6c45)cc3)c2)cc1. The van der Waals surface area contributed by atoms with Crippen LogP contribution in [0.25, 0.3) is 88.0 Å². The topological polar surface area (TPSA) is 16.4 Å². The van der Waals surface area contributed by atoms with Crippen molar-refractivity contribution in [1.82, 2.24) is 0 Å². The zero-order valence-corrected chi connectivity index (χ0v) is 31.7. The summed E-state index contributed by atoms with van der Waals surface area (Å²) in [6.07, 6.45) is 0. The average Bonchev–Trinajstić information content (AvgIpc) is 3.69. The largest absolute Gasteiger partial charge is 0.456 e. The molecule has 0 spiro atoms. The number of anilines is 3. The number of hydrogen-bond acceptors (Lipinski definition) is 2. The van der Waals surface area contributed by atoms with E-state index in [1.54, 1.807) is 0 Å². The molecule has 0 aliphatic carbocycles.